The van der Waals surface area contributed by atoms with Gasteiger partial charge < -0.3 is 19.4 Å². The van der Waals surface area contributed by atoms with Gasteiger partial charge in [-0.25, -0.2) is 0 Å². The van der Waals surface area contributed by atoms with Gasteiger partial charge in [-0.05, 0) is 78.1 Å². The molecule has 8 heteroatoms. The molecule has 3 rings (SSSR count). The van der Waals surface area contributed by atoms with E-state index in [9.17, 15) is 13.6 Å². The molecule has 0 aliphatic carbocycles. The van der Waals surface area contributed by atoms with Crippen molar-refractivity contribution in [2.24, 2.45) is 0 Å². The van der Waals surface area contributed by atoms with Gasteiger partial charge in [0.05, 0.1) is 0 Å². The minimum atomic E-state index is -3.30. The third kappa shape index (κ3) is 5.72. The molecule has 5 nitrogen and oxygen atoms in total. The number of benzene rings is 2. The molecule has 1 amide bonds. The average Bonchev–Trinajstić information content (AvgIpc) is 2.97. The maximum atomic E-state index is 13.0. The van der Waals surface area contributed by atoms with Crippen LogP contribution in [0, 0.1) is 6.92 Å². The Bertz CT molecular complexity index is 945. The number of hydrogen-bond donors (Lipinski definition) is 0. The first-order chi connectivity index (χ1) is 14.4. The fourth-order valence-electron chi connectivity index (χ4n) is 3.76. The van der Waals surface area contributed by atoms with Gasteiger partial charge in [0.15, 0.2) is 0 Å². The molecule has 0 bridgehead atoms. The number of halogens is 2. The van der Waals surface area contributed by atoms with Gasteiger partial charge in [-0.2, -0.15) is 8.78 Å². The molecule has 2 unspecified atom stereocenters. The van der Waals surface area contributed by atoms with E-state index in [1.165, 1.54) is 21.4 Å². The molecule has 2 aromatic carbocycles. The van der Waals surface area contributed by atoms with E-state index in [1.54, 1.807) is 17.0 Å². The van der Waals surface area contributed by atoms with Crippen molar-refractivity contribution in [3.8, 4) is 5.75 Å². The van der Waals surface area contributed by atoms with E-state index >= 15 is 0 Å². The van der Waals surface area contributed by atoms with Crippen LogP contribution in [0.25, 0.3) is 0 Å². The van der Waals surface area contributed by atoms with E-state index in [1.807, 2.05) is 6.92 Å². The molecular formula is C23H30F2N3O2P. The lowest BCUT2D eigenvalue weighted by Gasteiger charge is -2.28. The van der Waals surface area contributed by atoms with Crippen molar-refractivity contribution in [3.63, 3.8) is 0 Å². The monoisotopic (exact) mass is 449 g/mol. The van der Waals surface area contributed by atoms with Crippen molar-refractivity contribution in [2.45, 2.75) is 38.8 Å². The Morgan fingerprint density at radius 2 is 1.84 bits per heavy atom. The molecule has 1 aliphatic rings. The second kappa shape index (κ2) is 9.09. The van der Waals surface area contributed by atoms with Crippen LogP contribution in [-0.4, -0.2) is 55.3 Å². The highest BCUT2D eigenvalue weighted by Gasteiger charge is 2.30. The smallest absolute Gasteiger partial charge is 0.408 e. The van der Waals surface area contributed by atoms with E-state index < -0.39 is 5.85 Å². The molecule has 0 saturated carbocycles. The van der Waals surface area contributed by atoms with Gasteiger partial charge in [-0.15, -0.1) is 0 Å². The summed E-state index contributed by atoms with van der Waals surface area (Å²) in [6, 6.07) is 11.0. The first-order valence-electron chi connectivity index (χ1n) is 10.2. The summed E-state index contributed by atoms with van der Waals surface area (Å²) in [5.41, 5.74) is 4.71. The Hall–Kier alpha value is -2.24. The van der Waals surface area contributed by atoms with E-state index in [0.29, 0.717) is 19.1 Å². The molecule has 0 spiro atoms. The second-order valence-electron chi connectivity index (χ2n) is 8.46. The fraction of sp³-hybridized carbons (Fsp3) is 0.435. The van der Waals surface area contributed by atoms with Crippen molar-refractivity contribution < 1.29 is 18.3 Å². The van der Waals surface area contributed by atoms with Gasteiger partial charge in [-0.1, -0.05) is 12.1 Å². The zero-order valence-electron chi connectivity index (χ0n) is 18.7. The number of ether oxygens (including phenoxy) is 1. The average molecular weight is 449 g/mol. The molecule has 168 valence electrons. The Balaban J connectivity index is 1.73. The van der Waals surface area contributed by atoms with Gasteiger partial charge >= 0.3 is 5.85 Å². The fourth-order valence-corrected chi connectivity index (χ4v) is 3.90. The van der Waals surface area contributed by atoms with Crippen molar-refractivity contribution in [2.75, 3.05) is 32.6 Å². The maximum absolute atomic E-state index is 13.0. The molecule has 1 heterocycles. The first kappa shape index (κ1) is 23.4. The summed E-state index contributed by atoms with van der Waals surface area (Å²) in [7, 11) is 7.55. The zero-order valence-corrected chi connectivity index (χ0v) is 19.8. The topological polar surface area (TPSA) is 36.0 Å². The van der Waals surface area contributed by atoms with Gasteiger partial charge in [-0.3, -0.25) is 4.79 Å². The zero-order chi connectivity index (χ0) is 22.9. The predicted molar refractivity (Wildman–Crippen MR) is 123 cm³/mol. The number of nitrogens with zero attached hydrogens (tertiary/aromatic N) is 3. The van der Waals surface area contributed by atoms with Gasteiger partial charge in [0.2, 0.25) is 0 Å². The highest BCUT2D eigenvalue weighted by molar-refractivity contribution is 7.17. The highest BCUT2D eigenvalue weighted by Crippen LogP contribution is 2.32. The lowest BCUT2D eigenvalue weighted by molar-refractivity contribution is -0.0892. The van der Waals surface area contributed by atoms with Crippen LogP contribution >= 0.6 is 9.24 Å². The van der Waals surface area contributed by atoms with Crippen LogP contribution in [0.2, 0.25) is 0 Å². The number of rotatable bonds is 8. The maximum Gasteiger partial charge on any atom is 0.408 e. The van der Waals surface area contributed by atoms with Crippen molar-refractivity contribution in [3.05, 3.63) is 58.7 Å². The molecule has 0 aromatic heterocycles. The van der Waals surface area contributed by atoms with Crippen molar-refractivity contribution in [1.82, 2.24) is 9.80 Å². The van der Waals surface area contributed by atoms with Gasteiger partial charge in [0.1, 0.15) is 5.75 Å². The summed E-state index contributed by atoms with van der Waals surface area (Å²) in [5.74, 6) is -3.23. The summed E-state index contributed by atoms with van der Waals surface area (Å²) in [6.07, 6.45) is 0. The summed E-state index contributed by atoms with van der Waals surface area (Å²) in [4.78, 5) is 19.2. The minimum absolute atomic E-state index is 0.000167. The Labute approximate surface area is 185 Å². The molecule has 1 aliphatic heterocycles. The van der Waals surface area contributed by atoms with E-state index in [0.717, 1.165) is 34.5 Å². The minimum Gasteiger partial charge on any atom is -0.430 e. The predicted octanol–water partition coefficient (Wildman–Crippen LogP) is 4.34. The molecule has 0 saturated heterocycles. The Morgan fingerprint density at radius 3 is 2.42 bits per heavy atom. The summed E-state index contributed by atoms with van der Waals surface area (Å²) >= 11 is 0. The molecule has 31 heavy (non-hydrogen) atoms. The van der Waals surface area contributed by atoms with Gasteiger partial charge in [0, 0.05) is 44.0 Å². The number of hydrogen-bond acceptors (Lipinski definition) is 4. The van der Waals surface area contributed by atoms with Crippen LogP contribution in [0.5, 0.6) is 5.75 Å². The number of alkyl halides is 2. The molecule has 2 atom stereocenters. The van der Waals surface area contributed by atoms with Crippen LogP contribution < -0.4 is 9.64 Å². The Morgan fingerprint density at radius 1 is 1.19 bits per heavy atom. The molecule has 2 aromatic rings. The van der Waals surface area contributed by atoms with Crippen molar-refractivity contribution in [1.29, 1.82) is 0 Å². The van der Waals surface area contributed by atoms with E-state index in [-0.39, 0.29) is 11.7 Å². The van der Waals surface area contributed by atoms with Crippen molar-refractivity contribution >= 4 is 20.8 Å². The van der Waals surface area contributed by atoms with Crippen LogP contribution in [0.1, 0.15) is 34.0 Å². The second-order valence-corrected chi connectivity index (χ2v) is 9.13. The standard InChI is InChI=1S/C23H30F2N3O2P/c1-15-10-19(27(5)12-16(2)26(3)4)11-18-14-28(22(29)21(15)18)13-17-6-8-20(9-7-17)30-23(24,25)31/h6-11,16H,12-14,31H2,1-5H3. The molecule has 0 fully saturated rings. The third-order valence-corrected chi connectivity index (χ3v) is 5.79. The third-order valence-electron chi connectivity index (χ3n) is 5.68. The number of carbonyl (C=O) groups excluding carboxylic acids is 1. The number of fused-ring (bicyclic) bond motifs is 1. The van der Waals surface area contributed by atoms with Crippen LogP contribution in [-0.2, 0) is 13.1 Å². The summed E-state index contributed by atoms with van der Waals surface area (Å²) < 4.78 is 30.4. The quantitative estimate of drug-likeness (QED) is 0.562. The SMILES string of the molecule is Cc1cc(N(C)CC(C)N(C)C)cc2c1C(=O)N(Cc1ccc(OC(F)(F)P)cc1)C2. The van der Waals surface area contributed by atoms with Gasteiger partial charge in [0.25, 0.3) is 5.91 Å². The lowest BCUT2D eigenvalue weighted by Crippen LogP contribution is -2.36. The summed E-state index contributed by atoms with van der Waals surface area (Å²) in [5, 5.41) is 0. The molecule has 0 radical (unpaired) electrons. The summed E-state index contributed by atoms with van der Waals surface area (Å²) in [6.45, 7) is 5.97. The number of anilines is 1. The lowest BCUT2D eigenvalue weighted by atomic mass is 10.0. The van der Waals surface area contributed by atoms with Crippen LogP contribution in [0.3, 0.4) is 0 Å². The molecule has 0 N–H and O–H groups in total. The van der Waals surface area contributed by atoms with E-state index in [2.05, 4.69) is 54.7 Å². The number of amides is 1. The number of aryl methyl sites for hydroxylation is 1. The first-order valence-corrected chi connectivity index (χ1v) is 10.8. The molecular weight excluding hydrogens is 419 g/mol. The normalized spacial score (nSPS) is 14.7. The van der Waals surface area contributed by atoms with Crippen LogP contribution in [0.15, 0.2) is 36.4 Å². The Kier molecular flexibility index (Phi) is 6.87. The largest absolute Gasteiger partial charge is 0.430 e. The highest BCUT2D eigenvalue weighted by atomic mass is 31.0. The van der Waals surface area contributed by atoms with Crippen LogP contribution in [0.4, 0.5) is 14.5 Å². The number of likely N-dealkylation sites (N-methyl/N-ethyl adjacent to an activating group) is 2. The van der Waals surface area contributed by atoms with E-state index in [4.69, 9.17) is 0 Å². The number of carbonyl (C=O) groups is 1.